The summed E-state index contributed by atoms with van der Waals surface area (Å²) in [5, 5.41) is 9.26. The monoisotopic (exact) mass is 221 g/mol. The zero-order chi connectivity index (χ0) is 11.7. The molecule has 1 aliphatic rings. The Morgan fingerprint density at radius 2 is 2.19 bits per heavy atom. The number of aryl methyl sites for hydroxylation is 1. The summed E-state index contributed by atoms with van der Waals surface area (Å²) in [6, 6.07) is 5.46. The fraction of sp³-hybridized carbons (Fsp3) is 0.417. The Morgan fingerprint density at radius 1 is 1.50 bits per heavy atom. The third-order valence-electron chi connectivity index (χ3n) is 2.83. The predicted octanol–water partition coefficient (Wildman–Crippen LogP) is 0.963. The Bertz CT molecular complexity index is 411. The van der Waals surface area contributed by atoms with Crippen LogP contribution in [0.2, 0.25) is 0 Å². The van der Waals surface area contributed by atoms with Crippen LogP contribution >= 0.6 is 0 Å². The zero-order valence-corrected chi connectivity index (χ0v) is 9.43. The topological polar surface area (TPSA) is 49.8 Å². The lowest BCUT2D eigenvalue weighted by molar-refractivity contribution is 0.0601. The van der Waals surface area contributed by atoms with Gasteiger partial charge in [0, 0.05) is 18.8 Å². The zero-order valence-electron chi connectivity index (χ0n) is 9.43. The number of methoxy groups -OCH3 is 1. The van der Waals surface area contributed by atoms with Crippen LogP contribution in [0.5, 0.6) is 0 Å². The van der Waals surface area contributed by atoms with Crippen molar-refractivity contribution in [3.8, 4) is 0 Å². The number of ether oxygens (including phenoxy) is 1. The summed E-state index contributed by atoms with van der Waals surface area (Å²) in [5.41, 5.74) is 2.64. The molecule has 1 fully saturated rings. The van der Waals surface area contributed by atoms with Crippen molar-refractivity contribution in [3.63, 3.8) is 0 Å². The highest BCUT2D eigenvalue weighted by atomic mass is 16.5. The summed E-state index contributed by atoms with van der Waals surface area (Å²) in [6.07, 6.45) is -0.249. The van der Waals surface area contributed by atoms with Crippen molar-refractivity contribution in [3.05, 3.63) is 29.3 Å². The molecule has 1 aromatic rings. The summed E-state index contributed by atoms with van der Waals surface area (Å²) >= 11 is 0. The number of carbonyl (C=O) groups is 1. The van der Waals surface area contributed by atoms with Gasteiger partial charge in [0.05, 0.1) is 18.8 Å². The van der Waals surface area contributed by atoms with Crippen molar-refractivity contribution in [1.82, 2.24) is 0 Å². The predicted molar refractivity (Wildman–Crippen MR) is 60.7 cm³/mol. The molecule has 0 aliphatic carbocycles. The average Bonchev–Trinajstić information content (AvgIpc) is 2.25. The molecule has 1 aliphatic heterocycles. The van der Waals surface area contributed by atoms with Gasteiger partial charge in [-0.25, -0.2) is 4.79 Å². The van der Waals surface area contributed by atoms with E-state index in [1.54, 1.807) is 6.07 Å². The molecule has 4 heteroatoms. The minimum Gasteiger partial charge on any atom is -0.465 e. The molecule has 86 valence electrons. The number of rotatable bonds is 2. The molecule has 1 aromatic carbocycles. The van der Waals surface area contributed by atoms with Crippen molar-refractivity contribution in [2.75, 3.05) is 25.1 Å². The van der Waals surface area contributed by atoms with Crippen LogP contribution in [-0.2, 0) is 4.74 Å². The van der Waals surface area contributed by atoms with E-state index in [4.69, 9.17) is 0 Å². The van der Waals surface area contributed by atoms with Gasteiger partial charge in [-0.1, -0.05) is 6.07 Å². The Balaban J connectivity index is 2.26. The minimum atomic E-state index is -0.331. The summed E-state index contributed by atoms with van der Waals surface area (Å²) in [5.74, 6) is -0.331. The van der Waals surface area contributed by atoms with Gasteiger partial charge in [-0.15, -0.1) is 0 Å². The maximum atomic E-state index is 11.4. The van der Waals surface area contributed by atoms with Crippen LogP contribution < -0.4 is 4.90 Å². The van der Waals surface area contributed by atoms with E-state index in [9.17, 15) is 9.90 Å². The fourth-order valence-electron chi connectivity index (χ4n) is 1.85. The molecular weight excluding hydrogens is 206 g/mol. The Kier molecular flexibility index (Phi) is 2.83. The molecule has 1 saturated heterocycles. The van der Waals surface area contributed by atoms with Gasteiger partial charge in [-0.05, 0) is 24.6 Å². The first-order chi connectivity index (χ1) is 7.61. The quantitative estimate of drug-likeness (QED) is 0.756. The van der Waals surface area contributed by atoms with Crippen LogP contribution in [0.3, 0.4) is 0 Å². The van der Waals surface area contributed by atoms with Crippen LogP contribution in [0.1, 0.15) is 15.9 Å². The first-order valence-corrected chi connectivity index (χ1v) is 5.24. The lowest BCUT2D eigenvalue weighted by atomic mass is 10.0. The van der Waals surface area contributed by atoms with Crippen molar-refractivity contribution in [2.45, 2.75) is 13.0 Å². The molecule has 0 saturated carbocycles. The standard InChI is InChI=1S/C12H15NO3/c1-8-3-4-9(12(15)16-2)5-11(8)13-6-10(14)7-13/h3-5,10,14H,6-7H2,1-2H3. The fourth-order valence-corrected chi connectivity index (χ4v) is 1.85. The molecular formula is C12H15NO3. The molecule has 0 radical (unpaired) electrons. The summed E-state index contributed by atoms with van der Waals surface area (Å²) in [4.78, 5) is 13.4. The SMILES string of the molecule is COC(=O)c1ccc(C)c(N2CC(O)C2)c1. The van der Waals surface area contributed by atoms with Crippen molar-refractivity contribution >= 4 is 11.7 Å². The van der Waals surface area contributed by atoms with Crippen molar-refractivity contribution in [1.29, 1.82) is 0 Å². The molecule has 0 amide bonds. The van der Waals surface area contributed by atoms with Gasteiger partial charge < -0.3 is 14.7 Å². The maximum absolute atomic E-state index is 11.4. The lowest BCUT2D eigenvalue weighted by Gasteiger charge is -2.38. The summed E-state index contributed by atoms with van der Waals surface area (Å²) in [7, 11) is 1.37. The Morgan fingerprint density at radius 3 is 2.75 bits per heavy atom. The Hall–Kier alpha value is -1.55. The second-order valence-corrected chi connectivity index (χ2v) is 4.05. The molecule has 2 rings (SSSR count). The highest BCUT2D eigenvalue weighted by molar-refractivity contribution is 5.90. The molecule has 1 N–H and O–H groups in total. The third-order valence-corrected chi connectivity index (χ3v) is 2.83. The first-order valence-electron chi connectivity index (χ1n) is 5.24. The summed E-state index contributed by atoms with van der Waals surface area (Å²) in [6.45, 7) is 3.25. The number of anilines is 1. The van der Waals surface area contributed by atoms with E-state index in [1.165, 1.54) is 7.11 Å². The van der Waals surface area contributed by atoms with E-state index in [1.807, 2.05) is 24.0 Å². The van der Waals surface area contributed by atoms with E-state index in [2.05, 4.69) is 4.74 Å². The number of carbonyl (C=O) groups excluding carboxylic acids is 1. The van der Waals surface area contributed by atoms with Gasteiger partial charge in [-0.3, -0.25) is 0 Å². The normalized spacial score (nSPS) is 15.8. The van der Waals surface area contributed by atoms with Crippen LogP contribution in [0, 0.1) is 6.92 Å². The van der Waals surface area contributed by atoms with Gasteiger partial charge in [0.1, 0.15) is 0 Å². The molecule has 0 spiro atoms. The molecule has 0 atom stereocenters. The van der Waals surface area contributed by atoms with E-state index in [-0.39, 0.29) is 12.1 Å². The average molecular weight is 221 g/mol. The van der Waals surface area contributed by atoms with E-state index >= 15 is 0 Å². The number of esters is 1. The highest BCUT2D eigenvalue weighted by Crippen LogP contribution is 2.26. The van der Waals surface area contributed by atoms with Gasteiger partial charge in [0.25, 0.3) is 0 Å². The molecule has 16 heavy (non-hydrogen) atoms. The number of hydrogen-bond acceptors (Lipinski definition) is 4. The number of hydrogen-bond donors (Lipinski definition) is 1. The number of nitrogens with zero attached hydrogens (tertiary/aromatic N) is 1. The van der Waals surface area contributed by atoms with Crippen LogP contribution in [0.25, 0.3) is 0 Å². The van der Waals surface area contributed by atoms with Crippen molar-refractivity contribution < 1.29 is 14.6 Å². The van der Waals surface area contributed by atoms with E-state index in [0.29, 0.717) is 18.7 Å². The number of aliphatic hydroxyl groups is 1. The van der Waals surface area contributed by atoms with Gasteiger partial charge in [0.15, 0.2) is 0 Å². The van der Waals surface area contributed by atoms with E-state index < -0.39 is 0 Å². The lowest BCUT2D eigenvalue weighted by Crippen LogP contribution is -2.51. The molecule has 0 aromatic heterocycles. The van der Waals surface area contributed by atoms with E-state index in [0.717, 1.165) is 11.3 Å². The number of β-amino-alcohol motifs (C(OH)–C–C–N with tert-alkyl or cyclic N) is 1. The van der Waals surface area contributed by atoms with Gasteiger partial charge in [0.2, 0.25) is 0 Å². The molecule has 0 unspecified atom stereocenters. The second kappa shape index (κ2) is 4.14. The molecule has 1 heterocycles. The summed E-state index contributed by atoms with van der Waals surface area (Å²) < 4.78 is 4.68. The highest BCUT2D eigenvalue weighted by Gasteiger charge is 2.26. The first kappa shape index (κ1) is 11.0. The largest absolute Gasteiger partial charge is 0.465 e. The number of benzene rings is 1. The van der Waals surface area contributed by atoms with Crippen LogP contribution in [0.4, 0.5) is 5.69 Å². The van der Waals surface area contributed by atoms with Gasteiger partial charge >= 0.3 is 5.97 Å². The second-order valence-electron chi connectivity index (χ2n) is 4.05. The van der Waals surface area contributed by atoms with Gasteiger partial charge in [-0.2, -0.15) is 0 Å². The molecule has 0 bridgehead atoms. The molecule has 4 nitrogen and oxygen atoms in total. The number of aliphatic hydroxyl groups excluding tert-OH is 1. The maximum Gasteiger partial charge on any atom is 0.337 e. The van der Waals surface area contributed by atoms with Crippen LogP contribution in [-0.4, -0.2) is 37.4 Å². The Labute approximate surface area is 94.4 Å². The third kappa shape index (κ3) is 1.88. The smallest absolute Gasteiger partial charge is 0.337 e. The van der Waals surface area contributed by atoms with Crippen LogP contribution in [0.15, 0.2) is 18.2 Å². The minimum absolute atomic E-state index is 0.249. The van der Waals surface area contributed by atoms with Crippen molar-refractivity contribution in [2.24, 2.45) is 0 Å².